The third-order valence-electron chi connectivity index (χ3n) is 3.41. The number of rotatable bonds is 6. The number of aromatic nitrogens is 1. The fraction of sp³-hybridized carbons (Fsp3) is 0.158. The molecule has 3 aromatic rings. The van der Waals surface area contributed by atoms with Gasteiger partial charge < -0.3 is 4.74 Å². The van der Waals surface area contributed by atoms with Crippen LogP contribution in [0, 0.1) is 6.92 Å². The Hall–Kier alpha value is -2.66. The Bertz CT molecular complexity index is 810. The second-order valence-electron chi connectivity index (χ2n) is 5.16. The first-order chi connectivity index (χ1) is 11.8. The van der Waals surface area contributed by atoms with E-state index in [2.05, 4.69) is 34.6 Å². The van der Waals surface area contributed by atoms with Crippen molar-refractivity contribution in [3.63, 3.8) is 0 Å². The van der Waals surface area contributed by atoms with Crippen molar-refractivity contribution < 1.29 is 4.74 Å². The molecule has 5 heteroatoms. The highest BCUT2D eigenvalue weighted by molar-refractivity contribution is 7.15. The molecule has 1 heterocycles. The van der Waals surface area contributed by atoms with Crippen LogP contribution in [-0.4, -0.2) is 17.8 Å². The van der Waals surface area contributed by atoms with E-state index in [1.165, 1.54) is 4.88 Å². The Morgan fingerprint density at radius 1 is 1.12 bits per heavy atom. The van der Waals surface area contributed by atoms with Crippen molar-refractivity contribution in [2.75, 3.05) is 12.0 Å². The first-order valence-corrected chi connectivity index (χ1v) is 8.62. The molecule has 0 saturated carbocycles. The summed E-state index contributed by atoms with van der Waals surface area (Å²) in [7, 11) is 0. The minimum absolute atomic E-state index is 0.669. The van der Waals surface area contributed by atoms with Gasteiger partial charge in [0.25, 0.3) is 0 Å². The molecule has 0 unspecified atom stereocenters. The number of thiazole rings is 1. The molecule has 0 spiro atoms. The second kappa shape index (κ2) is 7.75. The van der Waals surface area contributed by atoms with Crippen LogP contribution in [0.3, 0.4) is 0 Å². The highest BCUT2D eigenvalue weighted by Crippen LogP contribution is 2.30. The van der Waals surface area contributed by atoms with Crippen LogP contribution < -0.4 is 10.2 Å². The van der Waals surface area contributed by atoms with Crippen LogP contribution in [0.2, 0.25) is 0 Å². The van der Waals surface area contributed by atoms with Gasteiger partial charge in [0, 0.05) is 10.4 Å². The molecule has 0 amide bonds. The molecule has 122 valence electrons. The Kier molecular flexibility index (Phi) is 5.23. The van der Waals surface area contributed by atoms with E-state index in [1.807, 2.05) is 49.4 Å². The number of nitrogens with zero attached hydrogens (tertiary/aromatic N) is 2. The molecule has 0 radical (unpaired) electrons. The molecule has 1 N–H and O–H groups in total. The largest absolute Gasteiger partial charge is 0.494 e. The molecule has 0 bridgehead atoms. The summed E-state index contributed by atoms with van der Waals surface area (Å²) in [5.41, 5.74) is 6.13. The molecule has 1 aromatic heterocycles. The zero-order chi connectivity index (χ0) is 16.8. The van der Waals surface area contributed by atoms with Gasteiger partial charge >= 0.3 is 0 Å². The summed E-state index contributed by atoms with van der Waals surface area (Å²) in [6.45, 7) is 4.71. The lowest BCUT2D eigenvalue weighted by Crippen LogP contribution is -1.92. The van der Waals surface area contributed by atoms with Crippen LogP contribution in [0.4, 0.5) is 5.13 Å². The third-order valence-corrected chi connectivity index (χ3v) is 4.28. The van der Waals surface area contributed by atoms with E-state index < -0.39 is 0 Å². The number of hydrazone groups is 1. The number of benzene rings is 2. The van der Waals surface area contributed by atoms with Gasteiger partial charge in [0.05, 0.1) is 18.5 Å². The number of hydrogen-bond donors (Lipinski definition) is 1. The van der Waals surface area contributed by atoms with Crippen LogP contribution in [0.15, 0.2) is 59.7 Å². The SMILES string of the molecule is CCOc1ccc(/C=N/Nc2nc(-c3ccccc3)c(C)s2)cc1. The van der Waals surface area contributed by atoms with Gasteiger partial charge in [-0.3, -0.25) is 5.43 Å². The number of hydrogen-bond acceptors (Lipinski definition) is 5. The van der Waals surface area contributed by atoms with E-state index in [1.54, 1.807) is 17.6 Å². The zero-order valence-corrected chi connectivity index (χ0v) is 14.5. The molecule has 0 fully saturated rings. The minimum atomic E-state index is 0.669. The fourth-order valence-electron chi connectivity index (χ4n) is 2.29. The van der Waals surface area contributed by atoms with E-state index in [0.717, 1.165) is 27.7 Å². The predicted octanol–water partition coefficient (Wildman–Crippen LogP) is 4.96. The first-order valence-electron chi connectivity index (χ1n) is 7.81. The van der Waals surface area contributed by atoms with E-state index in [0.29, 0.717) is 6.61 Å². The quantitative estimate of drug-likeness (QED) is 0.510. The summed E-state index contributed by atoms with van der Waals surface area (Å²) in [6, 6.07) is 18.0. The van der Waals surface area contributed by atoms with Crippen LogP contribution >= 0.6 is 11.3 Å². The van der Waals surface area contributed by atoms with Crippen molar-refractivity contribution in [3.05, 3.63) is 65.0 Å². The van der Waals surface area contributed by atoms with Crippen LogP contribution in [0.5, 0.6) is 5.75 Å². The number of nitrogens with one attached hydrogen (secondary N) is 1. The van der Waals surface area contributed by atoms with Crippen molar-refractivity contribution in [1.82, 2.24) is 4.98 Å². The standard InChI is InChI=1S/C19H19N3OS/c1-3-23-17-11-9-15(10-12-17)13-20-22-19-21-18(14(2)24-19)16-7-5-4-6-8-16/h4-13H,3H2,1-2H3,(H,21,22)/b20-13+. The lowest BCUT2D eigenvalue weighted by Gasteiger charge is -2.01. The molecule has 3 rings (SSSR count). The summed E-state index contributed by atoms with van der Waals surface area (Å²) < 4.78 is 5.42. The zero-order valence-electron chi connectivity index (χ0n) is 13.7. The maximum absolute atomic E-state index is 5.42. The lowest BCUT2D eigenvalue weighted by molar-refractivity contribution is 0.340. The lowest BCUT2D eigenvalue weighted by atomic mass is 10.1. The van der Waals surface area contributed by atoms with E-state index in [9.17, 15) is 0 Å². The maximum Gasteiger partial charge on any atom is 0.204 e. The van der Waals surface area contributed by atoms with E-state index in [4.69, 9.17) is 4.74 Å². The van der Waals surface area contributed by atoms with Gasteiger partial charge in [0.1, 0.15) is 5.75 Å². The normalized spacial score (nSPS) is 10.9. The second-order valence-corrected chi connectivity index (χ2v) is 6.37. The van der Waals surface area contributed by atoms with Crippen molar-refractivity contribution in [2.24, 2.45) is 5.10 Å². The molecule has 0 saturated heterocycles. The monoisotopic (exact) mass is 337 g/mol. The summed E-state index contributed by atoms with van der Waals surface area (Å²) >= 11 is 1.60. The molecule has 0 atom stereocenters. The Morgan fingerprint density at radius 3 is 2.58 bits per heavy atom. The third kappa shape index (κ3) is 4.00. The van der Waals surface area contributed by atoms with Gasteiger partial charge in [0.15, 0.2) is 0 Å². The fourth-order valence-corrected chi connectivity index (χ4v) is 3.07. The topological polar surface area (TPSA) is 46.5 Å². The van der Waals surface area contributed by atoms with E-state index >= 15 is 0 Å². The Labute approximate surface area is 145 Å². The molecule has 0 aliphatic heterocycles. The number of aryl methyl sites for hydroxylation is 1. The maximum atomic E-state index is 5.42. The Balaban J connectivity index is 1.66. The smallest absolute Gasteiger partial charge is 0.204 e. The average Bonchev–Trinajstić information content (AvgIpc) is 2.98. The first kappa shape index (κ1) is 16.2. The molecule has 4 nitrogen and oxygen atoms in total. The summed E-state index contributed by atoms with van der Waals surface area (Å²) in [6.07, 6.45) is 1.77. The molecule has 2 aromatic carbocycles. The molecular formula is C19H19N3OS. The number of anilines is 1. The van der Waals surface area contributed by atoms with Crippen molar-refractivity contribution in [2.45, 2.75) is 13.8 Å². The highest BCUT2D eigenvalue weighted by atomic mass is 32.1. The summed E-state index contributed by atoms with van der Waals surface area (Å²) in [5.74, 6) is 0.866. The molecule has 0 aliphatic carbocycles. The van der Waals surface area contributed by atoms with Gasteiger partial charge in [0.2, 0.25) is 5.13 Å². The summed E-state index contributed by atoms with van der Waals surface area (Å²) in [4.78, 5) is 5.79. The molecular weight excluding hydrogens is 318 g/mol. The molecule has 0 aliphatic rings. The Morgan fingerprint density at radius 2 is 1.88 bits per heavy atom. The predicted molar refractivity (Wildman–Crippen MR) is 101 cm³/mol. The molecule has 24 heavy (non-hydrogen) atoms. The van der Waals surface area contributed by atoms with Crippen LogP contribution in [0.1, 0.15) is 17.4 Å². The van der Waals surface area contributed by atoms with Crippen LogP contribution in [-0.2, 0) is 0 Å². The van der Waals surface area contributed by atoms with Crippen molar-refractivity contribution >= 4 is 22.7 Å². The minimum Gasteiger partial charge on any atom is -0.494 e. The van der Waals surface area contributed by atoms with Gasteiger partial charge in [-0.25, -0.2) is 4.98 Å². The van der Waals surface area contributed by atoms with Gasteiger partial charge in [-0.2, -0.15) is 5.10 Å². The summed E-state index contributed by atoms with van der Waals surface area (Å²) in [5, 5.41) is 5.05. The van der Waals surface area contributed by atoms with Gasteiger partial charge in [-0.15, -0.1) is 11.3 Å². The van der Waals surface area contributed by atoms with Gasteiger partial charge in [-0.1, -0.05) is 30.3 Å². The number of ether oxygens (including phenoxy) is 1. The van der Waals surface area contributed by atoms with Crippen LogP contribution in [0.25, 0.3) is 11.3 Å². The highest BCUT2D eigenvalue weighted by Gasteiger charge is 2.08. The average molecular weight is 337 g/mol. The van der Waals surface area contributed by atoms with Crippen molar-refractivity contribution in [3.8, 4) is 17.0 Å². The van der Waals surface area contributed by atoms with Gasteiger partial charge in [-0.05, 0) is 43.7 Å². The van der Waals surface area contributed by atoms with E-state index in [-0.39, 0.29) is 0 Å². The van der Waals surface area contributed by atoms with Crippen molar-refractivity contribution in [1.29, 1.82) is 0 Å².